The number of carbonyl (C=O) groups is 1. The Morgan fingerprint density at radius 1 is 1.38 bits per heavy atom. The average Bonchev–Trinajstić information content (AvgIpc) is 2.51. The first kappa shape index (κ1) is 19.8. The molecule has 0 heterocycles. The van der Waals surface area contributed by atoms with Gasteiger partial charge in [0.1, 0.15) is 12.4 Å². The lowest BCUT2D eigenvalue weighted by atomic mass is 10.3. The van der Waals surface area contributed by atoms with E-state index in [9.17, 15) is 4.79 Å². The molecule has 7 nitrogen and oxygen atoms in total. The molecule has 1 amide bonds. The van der Waals surface area contributed by atoms with Crippen molar-refractivity contribution in [2.24, 2.45) is 4.99 Å². The minimum atomic E-state index is -0.108. The molecule has 0 saturated heterocycles. The quantitative estimate of drug-likeness (QED) is 0.362. The van der Waals surface area contributed by atoms with E-state index in [-0.39, 0.29) is 11.9 Å². The number of nitrogens with zero attached hydrogens (tertiary/aromatic N) is 1. The highest BCUT2D eigenvalue weighted by molar-refractivity contribution is 5.88. The fourth-order valence-corrected chi connectivity index (χ4v) is 2.03. The zero-order valence-electron chi connectivity index (χ0n) is 14.9. The van der Waals surface area contributed by atoms with E-state index in [1.165, 1.54) is 6.92 Å². The van der Waals surface area contributed by atoms with Gasteiger partial charge in [-0.25, -0.2) is 4.99 Å². The first-order valence-electron chi connectivity index (χ1n) is 8.09. The summed E-state index contributed by atoms with van der Waals surface area (Å²) in [7, 11) is 1.67. The molecule has 0 aliphatic rings. The number of methoxy groups -OCH3 is 1. The fourth-order valence-electron chi connectivity index (χ4n) is 2.03. The Morgan fingerprint density at radius 2 is 2.17 bits per heavy atom. The van der Waals surface area contributed by atoms with Gasteiger partial charge in [0.05, 0.1) is 13.2 Å². The smallest absolute Gasteiger partial charge is 0.221 e. The van der Waals surface area contributed by atoms with Crippen molar-refractivity contribution in [2.45, 2.75) is 26.8 Å². The van der Waals surface area contributed by atoms with Gasteiger partial charge >= 0.3 is 0 Å². The Balaban J connectivity index is 2.47. The van der Waals surface area contributed by atoms with Crippen LogP contribution in [-0.4, -0.2) is 51.3 Å². The molecule has 1 rings (SSSR count). The van der Waals surface area contributed by atoms with Crippen LogP contribution in [0.4, 0.5) is 5.69 Å². The van der Waals surface area contributed by atoms with Gasteiger partial charge in [0, 0.05) is 38.4 Å². The molecule has 134 valence electrons. The van der Waals surface area contributed by atoms with Crippen molar-refractivity contribution in [2.75, 3.05) is 38.7 Å². The summed E-state index contributed by atoms with van der Waals surface area (Å²) in [4.78, 5) is 15.5. The Labute approximate surface area is 143 Å². The molecule has 0 radical (unpaired) electrons. The summed E-state index contributed by atoms with van der Waals surface area (Å²) in [6.45, 7) is 7.87. The van der Waals surface area contributed by atoms with Crippen LogP contribution in [0.3, 0.4) is 0 Å². The summed E-state index contributed by atoms with van der Waals surface area (Å²) < 4.78 is 10.8. The Hall–Kier alpha value is -2.28. The molecule has 0 bridgehead atoms. The van der Waals surface area contributed by atoms with Crippen molar-refractivity contribution in [1.82, 2.24) is 10.6 Å². The molecular formula is C17H28N4O3. The molecule has 7 heteroatoms. The van der Waals surface area contributed by atoms with Gasteiger partial charge in [-0.3, -0.25) is 4.79 Å². The third-order valence-electron chi connectivity index (χ3n) is 2.93. The third-order valence-corrected chi connectivity index (χ3v) is 2.93. The van der Waals surface area contributed by atoms with Crippen molar-refractivity contribution in [3.63, 3.8) is 0 Å². The minimum absolute atomic E-state index is 0.108. The number of hydrogen-bond acceptors (Lipinski definition) is 4. The highest BCUT2D eigenvalue weighted by atomic mass is 16.5. The Bertz CT molecular complexity index is 534. The predicted molar refractivity (Wildman–Crippen MR) is 96.7 cm³/mol. The number of ether oxygens (including phenoxy) is 2. The lowest BCUT2D eigenvalue weighted by Gasteiger charge is -2.17. The number of nitrogens with one attached hydrogen (secondary N) is 3. The van der Waals surface area contributed by atoms with Crippen LogP contribution in [0, 0.1) is 0 Å². The maximum absolute atomic E-state index is 11.1. The van der Waals surface area contributed by atoms with Crippen molar-refractivity contribution in [3.05, 3.63) is 24.3 Å². The number of guanidine groups is 1. The van der Waals surface area contributed by atoms with Crippen LogP contribution < -0.4 is 20.7 Å². The number of rotatable bonds is 9. The fraction of sp³-hybridized carbons (Fsp3) is 0.529. The van der Waals surface area contributed by atoms with E-state index in [0.717, 1.165) is 12.5 Å². The van der Waals surface area contributed by atoms with E-state index in [2.05, 4.69) is 20.9 Å². The molecule has 1 aromatic carbocycles. The third kappa shape index (κ3) is 8.38. The SMILES string of the molecule is CCNC(=NCCOc1cccc(NC(C)=O)c1)NC(C)COC. The number of carbonyl (C=O) groups excluding carboxylic acids is 1. The van der Waals surface area contributed by atoms with Crippen LogP contribution in [0.1, 0.15) is 20.8 Å². The second kappa shape index (κ2) is 11.3. The van der Waals surface area contributed by atoms with E-state index in [4.69, 9.17) is 9.47 Å². The number of anilines is 1. The molecule has 0 saturated carbocycles. The summed E-state index contributed by atoms with van der Waals surface area (Å²) in [6, 6.07) is 7.45. The number of benzene rings is 1. The van der Waals surface area contributed by atoms with Crippen LogP contribution in [0.25, 0.3) is 0 Å². The average molecular weight is 336 g/mol. The lowest BCUT2D eigenvalue weighted by Crippen LogP contribution is -2.44. The van der Waals surface area contributed by atoms with Gasteiger partial charge in [0.2, 0.25) is 5.91 Å². The first-order valence-corrected chi connectivity index (χ1v) is 8.09. The van der Waals surface area contributed by atoms with E-state index >= 15 is 0 Å². The summed E-state index contributed by atoms with van der Waals surface area (Å²) in [6.07, 6.45) is 0. The second-order valence-corrected chi connectivity index (χ2v) is 5.32. The maximum Gasteiger partial charge on any atom is 0.221 e. The predicted octanol–water partition coefficient (Wildman–Crippen LogP) is 1.61. The van der Waals surface area contributed by atoms with Gasteiger partial charge in [-0.15, -0.1) is 0 Å². The van der Waals surface area contributed by atoms with Gasteiger partial charge in [0.25, 0.3) is 0 Å². The van der Waals surface area contributed by atoms with E-state index in [1.54, 1.807) is 13.2 Å². The van der Waals surface area contributed by atoms with Crippen LogP contribution in [0.5, 0.6) is 5.75 Å². The standard InChI is InChI=1S/C17H28N4O3/c1-5-18-17(20-13(2)12-23-4)19-9-10-24-16-8-6-7-15(11-16)21-14(3)22/h6-8,11,13H,5,9-10,12H2,1-4H3,(H,21,22)(H2,18,19,20). The largest absolute Gasteiger partial charge is 0.492 e. The summed E-state index contributed by atoms with van der Waals surface area (Å²) >= 11 is 0. The lowest BCUT2D eigenvalue weighted by molar-refractivity contribution is -0.114. The zero-order valence-corrected chi connectivity index (χ0v) is 14.9. The van der Waals surface area contributed by atoms with Crippen molar-refractivity contribution in [3.8, 4) is 5.75 Å². The van der Waals surface area contributed by atoms with Crippen LogP contribution in [0.15, 0.2) is 29.3 Å². The molecule has 1 aromatic rings. The van der Waals surface area contributed by atoms with Crippen LogP contribution in [0.2, 0.25) is 0 Å². The topological polar surface area (TPSA) is 84.0 Å². The second-order valence-electron chi connectivity index (χ2n) is 5.32. The number of hydrogen-bond donors (Lipinski definition) is 3. The van der Waals surface area contributed by atoms with E-state index < -0.39 is 0 Å². The number of aliphatic imine (C=N–C) groups is 1. The van der Waals surface area contributed by atoms with Crippen molar-refractivity contribution in [1.29, 1.82) is 0 Å². The first-order chi connectivity index (χ1) is 11.5. The number of amides is 1. The van der Waals surface area contributed by atoms with Gasteiger partial charge in [-0.05, 0) is 26.0 Å². The molecule has 0 aromatic heterocycles. The molecule has 0 aliphatic carbocycles. The minimum Gasteiger partial charge on any atom is -0.492 e. The molecule has 0 fully saturated rings. The summed E-state index contributed by atoms with van der Waals surface area (Å²) in [5, 5.41) is 9.17. The molecule has 3 N–H and O–H groups in total. The highest BCUT2D eigenvalue weighted by Crippen LogP contribution is 2.17. The molecular weight excluding hydrogens is 308 g/mol. The molecule has 24 heavy (non-hydrogen) atoms. The Kier molecular flexibility index (Phi) is 9.29. The highest BCUT2D eigenvalue weighted by Gasteiger charge is 2.04. The molecule has 1 unspecified atom stereocenters. The summed E-state index contributed by atoms with van der Waals surface area (Å²) in [5.74, 6) is 1.32. The van der Waals surface area contributed by atoms with Gasteiger partial charge in [-0.2, -0.15) is 0 Å². The monoisotopic (exact) mass is 336 g/mol. The molecule has 1 atom stereocenters. The van der Waals surface area contributed by atoms with Gasteiger partial charge in [-0.1, -0.05) is 6.07 Å². The maximum atomic E-state index is 11.1. The van der Waals surface area contributed by atoms with E-state index in [1.807, 2.05) is 32.0 Å². The van der Waals surface area contributed by atoms with Crippen LogP contribution >= 0.6 is 0 Å². The molecule has 0 aliphatic heterocycles. The van der Waals surface area contributed by atoms with Gasteiger partial charge in [0.15, 0.2) is 5.96 Å². The van der Waals surface area contributed by atoms with E-state index in [0.29, 0.717) is 31.2 Å². The van der Waals surface area contributed by atoms with Crippen LogP contribution in [-0.2, 0) is 9.53 Å². The normalized spacial score (nSPS) is 12.4. The Morgan fingerprint density at radius 3 is 2.83 bits per heavy atom. The van der Waals surface area contributed by atoms with Gasteiger partial charge < -0.3 is 25.4 Å². The molecule has 0 spiro atoms. The van der Waals surface area contributed by atoms with Crippen molar-refractivity contribution < 1.29 is 14.3 Å². The summed E-state index contributed by atoms with van der Waals surface area (Å²) in [5.41, 5.74) is 0.715. The zero-order chi connectivity index (χ0) is 17.8. The van der Waals surface area contributed by atoms with Crippen molar-refractivity contribution >= 4 is 17.6 Å².